The number of hydrogen-bond donors (Lipinski definition) is 1. The predicted molar refractivity (Wildman–Crippen MR) is 228 cm³/mol. The van der Waals surface area contributed by atoms with Crippen molar-refractivity contribution in [3.8, 4) is 0 Å². The summed E-state index contributed by atoms with van der Waals surface area (Å²) in [7, 11) is 0. The summed E-state index contributed by atoms with van der Waals surface area (Å²) in [6, 6.07) is 0. The minimum atomic E-state index is -0.0265. The fourth-order valence-electron chi connectivity index (χ4n) is 7.41. The van der Waals surface area contributed by atoms with E-state index in [1.54, 1.807) is 0 Å². The molecule has 0 fully saturated rings. The van der Waals surface area contributed by atoms with E-state index in [-0.39, 0.29) is 24.6 Å². The third-order valence-corrected chi connectivity index (χ3v) is 10.9. The van der Waals surface area contributed by atoms with E-state index in [1.807, 2.05) is 0 Å². The van der Waals surface area contributed by atoms with Crippen LogP contribution in [0.1, 0.15) is 252 Å². The molecule has 0 aliphatic carbocycles. The van der Waals surface area contributed by atoms with Crippen molar-refractivity contribution in [3.05, 3.63) is 0 Å². The van der Waals surface area contributed by atoms with Crippen molar-refractivity contribution in [2.24, 2.45) is 0 Å². The molecule has 0 aliphatic heterocycles. The number of nitrogens with zero attached hydrogens (tertiary/aromatic N) is 1. The topological polar surface area (TPSA) is 76.1 Å². The zero-order valence-electron chi connectivity index (χ0n) is 36.1. The summed E-state index contributed by atoms with van der Waals surface area (Å²) in [5.41, 5.74) is 0. The summed E-state index contributed by atoms with van der Waals surface area (Å²) < 4.78 is 11.4. The molecule has 0 aliphatic rings. The van der Waals surface area contributed by atoms with Crippen LogP contribution in [0.5, 0.6) is 0 Å². The number of rotatable bonds is 44. The fraction of sp³-hybridized carbons (Fsp3) is 0.957. The van der Waals surface area contributed by atoms with Gasteiger partial charge in [0.05, 0.1) is 13.2 Å². The number of unbranched alkanes of at least 4 members (excludes halogenated alkanes) is 27. The van der Waals surface area contributed by atoms with Gasteiger partial charge in [0.1, 0.15) is 6.10 Å². The van der Waals surface area contributed by atoms with Crippen LogP contribution >= 0.6 is 0 Å². The van der Waals surface area contributed by atoms with E-state index in [2.05, 4.69) is 25.7 Å². The third kappa shape index (κ3) is 40.3. The first kappa shape index (κ1) is 51.9. The largest absolute Gasteiger partial charge is 0.466 e. The van der Waals surface area contributed by atoms with Crippen LogP contribution in [0, 0.1) is 0 Å². The summed E-state index contributed by atoms with van der Waals surface area (Å²) in [6.45, 7) is 10.5. The van der Waals surface area contributed by atoms with Crippen molar-refractivity contribution >= 4 is 11.9 Å². The Bertz CT molecular complexity index is 746. The summed E-state index contributed by atoms with van der Waals surface area (Å²) >= 11 is 0. The van der Waals surface area contributed by atoms with Crippen LogP contribution in [0.3, 0.4) is 0 Å². The molecule has 0 saturated carbocycles. The van der Waals surface area contributed by atoms with Crippen LogP contribution in [0.2, 0.25) is 0 Å². The quantitative estimate of drug-likeness (QED) is 0.0493. The molecular formula is C47H93NO5. The molecule has 0 aromatic heterocycles. The Morgan fingerprint density at radius 1 is 0.434 bits per heavy atom. The second kappa shape index (κ2) is 43.6. The highest BCUT2D eigenvalue weighted by atomic mass is 16.5. The van der Waals surface area contributed by atoms with Crippen molar-refractivity contribution < 1.29 is 24.2 Å². The predicted octanol–water partition coefficient (Wildman–Crippen LogP) is 13.8. The number of aliphatic hydroxyl groups is 1. The van der Waals surface area contributed by atoms with Gasteiger partial charge in [-0.3, -0.25) is 9.59 Å². The van der Waals surface area contributed by atoms with E-state index in [9.17, 15) is 14.7 Å². The fourth-order valence-corrected chi connectivity index (χ4v) is 7.41. The maximum Gasteiger partial charge on any atom is 0.306 e. The summed E-state index contributed by atoms with van der Waals surface area (Å²) in [5, 5.41) is 9.54. The molecule has 6 heteroatoms. The highest BCUT2D eigenvalue weighted by Gasteiger charge is 2.14. The van der Waals surface area contributed by atoms with E-state index in [0.717, 1.165) is 77.4 Å². The van der Waals surface area contributed by atoms with Crippen LogP contribution < -0.4 is 0 Å². The molecule has 0 heterocycles. The van der Waals surface area contributed by atoms with Gasteiger partial charge in [-0.2, -0.15) is 0 Å². The molecule has 0 amide bonds. The van der Waals surface area contributed by atoms with Crippen molar-refractivity contribution in [2.75, 3.05) is 32.8 Å². The van der Waals surface area contributed by atoms with E-state index in [4.69, 9.17) is 9.47 Å². The van der Waals surface area contributed by atoms with Gasteiger partial charge in [-0.25, -0.2) is 0 Å². The standard InChI is InChI=1S/C47H93NO5/c1-4-7-10-13-17-23-30-37-45(36-29-22-15-12-9-6-3)53-47(51)39-32-24-18-16-19-26-33-40-48(42-43-49)41-34-27-21-25-31-38-46(50)52-44-35-28-20-14-11-8-5-2/h45,49H,4-44H2,1-3H3. The average molecular weight is 752 g/mol. The number of aliphatic hydroxyl groups excluding tert-OH is 1. The first-order valence-corrected chi connectivity index (χ1v) is 23.8. The number of hydrogen-bond acceptors (Lipinski definition) is 6. The first-order chi connectivity index (χ1) is 26.1. The van der Waals surface area contributed by atoms with Crippen molar-refractivity contribution in [1.82, 2.24) is 4.90 Å². The maximum absolute atomic E-state index is 12.7. The lowest BCUT2D eigenvalue weighted by Crippen LogP contribution is -2.29. The van der Waals surface area contributed by atoms with Crippen molar-refractivity contribution in [3.63, 3.8) is 0 Å². The number of carbonyl (C=O) groups excluding carboxylic acids is 2. The Labute approximate surface area is 331 Å². The number of ether oxygens (including phenoxy) is 2. The molecule has 0 rings (SSSR count). The van der Waals surface area contributed by atoms with Gasteiger partial charge in [-0.1, -0.05) is 181 Å². The Kier molecular flexibility index (Phi) is 42.6. The molecule has 0 saturated heterocycles. The maximum atomic E-state index is 12.7. The molecule has 1 unspecified atom stereocenters. The Hall–Kier alpha value is -1.14. The normalized spacial score (nSPS) is 12.1. The van der Waals surface area contributed by atoms with Gasteiger partial charge in [0.25, 0.3) is 0 Å². The molecule has 0 radical (unpaired) electrons. The zero-order chi connectivity index (χ0) is 38.7. The second-order valence-corrected chi connectivity index (χ2v) is 16.2. The van der Waals surface area contributed by atoms with E-state index >= 15 is 0 Å². The van der Waals surface area contributed by atoms with E-state index < -0.39 is 0 Å². The summed E-state index contributed by atoms with van der Waals surface area (Å²) in [5.74, 6) is 0.00313. The molecule has 6 nitrogen and oxygen atoms in total. The molecule has 0 bridgehead atoms. The lowest BCUT2D eigenvalue weighted by molar-refractivity contribution is -0.150. The Balaban J connectivity index is 3.90. The van der Waals surface area contributed by atoms with E-state index in [1.165, 1.54) is 161 Å². The van der Waals surface area contributed by atoms with Crippen LogP contribution in [0.4, 0.5) is 0 Å². The van der Waals surface area contributed by atoms with Crippen LogP contribution in [0.25, 0.3) is 0 Å². The van der Waals surface area contributed by atoms with Crippen LogP contribution in [0.15, 0.2) is 0 Å². The lowest BCUT2D eigenvalue weighted by Gasteiger charge is -2.21. The van der Waals surface area contributed by atoms with Crippen molar-refractivity contribution in [2.45, 2.75) is 258 Å². The molecule has 0 aromatic rings. The summed E-state index contributed by atoms with van der Waals surface area (Å²) in [4.78, 5) is 27.1. The van der Waals surface area contributed by atoms with Gasteiger partial charge in [-0.05, 0) is 70.9 Å². The summed E-state index contributed by atoms with van der Waals surface area (Å²) in [6.07, 6.45) is 42.6. The van der Waals surface area contributed by atoms with Gasteiger partial charge in [0.15, 0.2) is 0 Å². The monoisotopic (exact) mass is 752 g/mol. The third-order valence-electron chi connectivity index (χ3n) is 10.9. The Morgan fingerprint density at radius 2 is 0.792 bits per heavy atom. The van der Waals surface area contributed by atoms with Gasteiger partial charge >= 0.3 is 11.9 Å². The average Bonchev–Trinajstić information content (AvgIpc) is 3.15. The molecule has 0 aromatic carbocycles. The number of carbonyl (C=O) groups is 2. The molecule has 1 atom stereocenters. The molecule has 0 spiro atoms. The molecule has 1 N–H and O–H groups in total. The van der Waals surface area contributed by atoms with Crippen LogP contribution in [-0.2, 0) is 19.1 Å². The van der Waals surface area contributed by atoms with Gasteiger partial charge in [-0.15, -0.1) is 0 Å². The highest BCUT2D eigenvalue weighted by Crippen LogP contribution is 2.19. The number of esters is 2. The lowest BCUT2D eigenvalue weighted by atomic mass is 10.0. The van der Waals surface area contributed by atoms with Crippen molar-refractivity contribution in [1.29, 1.82) is 0 Å². The highest BCUT2D eigenvalue weighted by molar-refractivity contribution is 5.69. The molecule has 53 heavy (non-hydrogen) atoms. The molecule has 316 valence electrons. The first-order valence-electron chi connectivity index (χ1n) is 23.8. The van der Waals surface area contributed by atoms with Gasteiger partial charge in [0.2, 0.25) is 0 Å². The Morgan fingerprint density at radius 3 is 1.23 bits per heavy atom. The van der Waals surface area contributed by atoms with Crippen LogP contribution in [-0.4, -0.2) is 60.9 Å². The minimum Gasteiger partial charge on any atom is -0.466 e. The molecular weight excluding hydrogens is 659 g/mol. The minimum absolute atomic E-state index is 0.0265. The zero-order valence-corrected chi connectivity index (χ0v) is 36.1. The second-order valence-electron chi connectivity index (χ2n) is 16.2. The van der Waals surface area contributed by atoms with E-state index in [0.29, 0.717) is 19.4 Å². The van der Waals surface area contributed by atoms with Gasteiger partial charge in [0, 0.05) is 19.4 Å². The smallest absolute Gasteiger partial charge is 0.306 e. The van der Waals surface area contributed by atoms with Gasteiger partial charge < -0.3 is 19.5 Å². The SMILES string of the molecule is CCCCCCCCCOC(=O)CCCCCCCN(CCO)CCCCCCCCCC(=O)OC(CCCCCCCC)CCCCCCCCC.